The molecule has 5 rings (SSSR count). The number of nitrogen functional groups attached to an aromatic ring is 1. The number of hydrogen-bond acceptors (Lipinski definition) is 9. The van der Waals surface area contributed by atoms with Gasteiger partial charge in [-0.25, -0.2) is 17.5 Å². The maximum Gasteiger partial charge on any atom is 0.231 e. The summed E-state index contributed by atoms with van der Waals surface area (Å²) in [6, 6.07) is 3.03. The van der Waals surface area contributed by atoms with Gasteiger partial charge in [-0.2, -0.15) is 20.2 Å². The van der Waals surface area contributed by atoms with Crippen molar-refractivity contribution in [1.29, 1.82) is 0 Å². The molecule has 0 saturated heterocycles. The Hall–Kier alpha value is -3.87. The van der Waals surface area contributed by atoms with Gasteiger partial charge in [0.1, 0.15) is 23.2 Å². The third-order valence-corrected chi connectivity index (χ3v) is 6.39. The van der Waals surface area contributed by atoms with Gasteiger partial charge < -0.3 is 11.1 Å². The monoisotopic (exact) mass is 497 g/mol. The van der Waals surface area contributed by atoms with E-state index in [1.165, 1.54) is 10.7 Å². The average molecular weight is 498 g/mol. The van der Waals surface area contributed by atoms with E-state index in [2.05, 4.69) is 25.4 Å². The van der Waals surface area contributed by atoms with Gasteiger partial charge >= 0.3 is 0 Å². The maximum atomic E-state index is 14.3. The number of fused-ring (bicyclic) bond motifs is 2. The first-order valence-electron chi connectivity index (χ1n) is 10.9. The summed E-state index contributed by atoms with van der Waals surface area (Å²) >= 11 is 0. The van der Waals surface area contributed by atoms with E-state index in [1.54, 1.807) is 30.1 Å². The minimum absolute atomic E-state index is 0.0465. The Labute approximate surface area is 200 Å². The van der Waals surface area contributed by atoms with E-state index in [-0.39, 0.29) is 36.0 Å². The summed E-state index contributed by atoms with van der Waals surface area (Å²) in [7, 11) is -3.26. The quantitative estimate of drug-likeness (QED) is 0.413. The number of nitrogens with zero attached hydrogens (tertiary/aromatic N) is 7. The van der Waals surface area contributed by atoms with Gasteiger partial charge in [-0.05, 0) is 32.9 Å². The summed E-state index contributed by atoms with van der Waals surface area (Å²) in [5.74, 6) is -0.132. The second-order valence-electron chi connectivity index (χ2n) is 8.82. The Morgan fingerprint density at radius 2 is 2.00 bits per heavy atom. The van der Waals surface area contributed by atoms with Gasteiger partial charge in [0.2, 0.25) is 5.95 Å². The molecular formula is C22H24FN9O2S. The molecule has 182 valence electrons. The first kappa shape index (κ1) is 22.9. The van der Waals surface area contributed by atoms with Crippen LogP contribution in [-0.2, 0) is 22.3 Å². The first-order valence-corrected chi connectivity index (χ1v) is 12.9. The van der Waals surface area contributed by atoms with Crippen LogP contribution in [0.1, 0.15) is 36.7 Å². The molecule has 1 aromatic carbocycles. The number of halogens is 1. The van der Waals surface area contributed by atoms with E-state index >= 15 is 0 Å². The number of nitrogens with one attached hydrogen (secondary N) is 1. The lowest BCUT2D eigenvalue weighted by molar-refractivity contribution is 0.548. The zero-order valence-electron chi connectivity index (χ0n) is 19.6. The zero-order chi connectivity index (χ0) is 25.1. The third-order valence-electron chi connectivity index (χ3n) is 5.65. The van der Waals surface area contributed by atoms with Gasteiger partial charge in [0.15, 0.2) is 15.5 Å². The molecule has 0 amide bonds. The van der Waals surface area contributed by atoms with Gasteiger partial charge in [-0.3, -0.25) is 9.67 Å². The molecule has 0 aliphatic carbocycles. The lowest BCUT2D eigenvalue weighted by Crippen LogP contribution is -2.09. The minimum atomic E-state index is -3.26. The van der Waals surface area contributed by atoms with Crippen LogP contribution in [0.3, 0.4) is 0 Å². The number of rotatable bonds is 6. The molecule has 4 aromatic rings. The minimum Gasteiger partial charge on any atom is -0.383 e. The smallest absolute Gasteiger partial charge is 0.231 e. The topological polar surface area (TPSA) is 146 Å². The summed E-state index contributed by atoms with van der Waals surface area (Å²) in [6.07, 6.45) is 4.37. The van der Waals surface area contributed by atoms with E-state index in [0.717, 1.165) is 6.26 Å². The molecular weight excluding hydrogens is 473 g/mol. The summed E-state index contributed by atoms with van der Waals surface area (Å²) in [4.78, 5) is 13.3. The number of aliphatic imine (C=N–C) groups is 1. The standard InChI is InChI=1S/C22H24FN9O2S/c1-11(2)32-21-18(19(30-32)13-5-6-16(23)15-8-25-7-14(13)15)20(24)27-22(28-21)26-17-9-31(29-12(17)3)10-35(4,33)34/h5-7,9,11H,8,10H2,1-4H3,(H3,24,26,27,28). The van der Waals surface area contributed by atoms with Crippen molar-refractivity contribution in [3.8, 4) is 11.3 Å². The predicted octanol–water partition coefficient (Wildman–Crippen LogP) is 2.98. The van der Waals surface area contributed by atoms with Crippen molar-refractivity contribution in [2.24, 2.45) is 4.99 Å². The normalized spacial score (nSPS) is 13.2. The Morgan fingerprint density at radius 3 is 2.71 bits per heavy atom. The van der Waals surface area contributed by atoms with Gasteiger partial charge in [-0.1, -0.05) is 0 Å². The maximum absolute atomic E-state index is 14.3. The van der Waals surface area contributed by atoms with Crippen molar-refractivity contribution < 1.29 is 12.8 Å². The summed E-state index contributed by atoms with van der Waals surface area (Å²) in [5, 5.41) is 12.7. The highest BCUT2D eigenvalue weighted by Crippen LogP contribution is 2.37. The van der Waals surface area contributed by atoms with Crippen LogP contribution in [0.2, 0.25) is 0 Å². The molecule has 0 radical (unpaired) electrons. The molecule has 3 aromatic heterocycles. The highest BCUT2D eigenvalue weighted by Gasteiger charge is 2.25. The van der Waals surface area contributed by atoms with Gasteiger partial charge in [0.05, 0.1) is 23.3 Å². The molecule has 3 N–H and O–H groups in total. The second kappa shape index (κ2) is 8.12. The highest BCUT2D eigenvalue weighted by atomic mass is 32.2. The van der Waals surface area contributed by atoms with Crippen LogP contribution in [-0.4, -0.2) is 50.4 Å². The molecule has 0 saturated carbocycles. The number of aromatic nitrogens is 6. The van der Waals surface area contributed by atoms with Crippen molar-refractivity contribution in [3.05, 3.63) is 41.0 Å². The number of nitrogens with two attached hydrogens (primary N) is 1. The van der Waals surface area contributed by atoms with E-state index < -0.39 is 9.84 Å². The van der Waals surface area contributed by atoms with E-state index in [1.807, 2.05) is 13.8 Å². The molecule has 0 spiro atoms. The van der Waals surface area contributed by atoms with E-state index in [0.29, 0.717) is 44.8 Å². The number of hydrogen-bond donors (Lipinski definition) is 2. The fourth-order valence-corrected chi connectivity index (χ4v) is 4.73. The van der Waals surface area contributed by atoms with Gasteiger partial charge in [0, 0.05) is 41.4 Å². The molecule has 13 heteroatoms. The first-order chi connectivity index (χ1) is 16.5. The Bertz CT molecular complexity index is 1620. The number of aryl methyl sites for hydroxylation is 1. The van der Waals surface area contributed by atoms with Crippen LogP contribution >= 0.6 is 0 Å². The SMILES string of the molecule is Cc1nn(CS(C)(=O)=O)cc1Nc1nc(N)c2c(-c3ccc(F)c4c3C=NC4)nn(C(C)C)c2n1. The molecule has 0 atom stereocenters. The summed E-state index contributed by atoms with van der Waals surface area (Å²) < 4.78 is 40.6. The molecule has 1 aliphatic heterocycles. The molecule has 0 fully saturated rings. The molecule has 0 bridgehead atoms. The van der Waals surface area contributed by atoms with Crippen molar-refractivity contribution in [2.75, 3.05) is 17.3 Å². The van der Waals surface area contributed by atoms with Crippen molar-refractivity contribution in [3.63, 3.8) is 0 Å². The zero-order valence-corrected chi connectivity index (χ0v) is 20.4. The lowest BCUT2D eigenvalue weighted by Gasteiger charge is -2.09. The van der Waals surface area contributed by atoms with Crippen LogP contribution in [0.15, 0.2) is 23.3 Å². The van der Waals surface area contributed by atoms with E-state index in [4.69, 9.17) is 10.8 Å². The van der Waals surface area contributed by atoms with Crippen molar-refractivity contribution >= 4 is 44.5 Å². The summed E-state index contributed by atoms with van der Waals surface area (Å²) in [5.41, 5.74) is 10.5. The highest BCUT2D eigenvalue weighted by molar-refractivity contribution is 7.89. The van der Waals surface area contributed by atoms with Crippen LogP contribution in [0, 0.1) is 12.7 Å². The fourth-order valence-electron chi connectivity index (χ4n) is 4.12. The Balaban J connectivity index is 1.62. The van der Waals surface area contributed by atoms with Crippen LogP contribution in [0.4, 0.5) is 21.8 Å². The molecule has 35 heavy (non-hydrogen) atoms. The third kappa shape index (κ3) is 4.11. The van der Waals surface area contributed by atoms with Gasteiger partial charge in [-0.15, -0.1) is 0 Å². The van der Waals surface area contributed by atoms with Crippen LogP contribution in [0.25, 0.3) is 22.3 Å². The van der Waals surface area contributed by atoms with Crippen molar-refractivity contribution in [2.45, 2.75) is 39.2 Å². The van der Waals surface area contributed by atoms with Gasteiger partial charge in [0.25, 0.3) is 0 Å². The molecule has 11 nitrogen and oxygen atoms in total. The Kier molecular flexibility index (Phi) is 5.31. The Morgan fingerprint density at radius 1 is 1.23 bits per heavy atom. The molecule has 1 aliphatic rings. The predicted molar refractivity (Wildman–Crippen MR) is 132 cm³/mol. The van der Waals surface area contributed by atoms with Crippen LogP contribution in [0.5, 0.6) is 0 Å². The number of benzene rings is 1. The van der Waals surface area contributed by atoms with E-state index in [9.17, 15) is 12.8 Å². The largest absolute Gasteiger partial charge is 0.383 e. The average Bonchev–Trinajstić information content (AvgIpc) is 3.45. The second-order valence-corrected chi connectivity index (χ2v) is 10.9. The van der Waals surface area contributed by atoms with Crippen LogP contribution < -0.4 is 11.1 Å². The number of sulfone groups is 1. The molecule has 0 unspecified atom stereocenters. The number of anilines is 3. The van der Waals surface area contributed by atoms with Crippen molar-refractivity contribution in [1.82, 2.24) is 29.5 Å². The molecule has 4 heterocycles. The fraction of sp³-hybridized carbons (Fsp3) is 0.318. The summed E-state index contributed by atoms with van der Waals surface area (Å²) in [6.45, 7) is 5.97. The lowest BCUT2D eigenvalue weighted by atomic mass is 9.99.